The van der Waals surface area contributed by atoms with Gasteiger partial charge in [-0.2, -0.15) is 9.61 Å². The summed E-state index contributed by atoms with van der Waals surface area (Å²) in [6.07, 6.45) is 4.06. The maximum absolute atomic E-state index is 6.27. The van der Waals surface area contributed by atoms with E-state index in [0.717, 1.165) is 53.0 Å². The molecule has 1 unspecified atom stereocenters. The van der Waals surface area contributed by atoms with Gasteiger partial charge in [-0.3, -0.25) is 0 Å². The van der Waals surface area contributed by atoms with Gasteiger partial charge in [0.25, 0.3) is 0 Å². The van der Waals surface area contributed by atoms with Crippen molar-refractivity contribution in [2.75, 3.05) is 18.8 Å². The summed E-state index contributed by atoms with van der Waals surface area (Å²) >= 11 is 5.16. The van der Waals surface area contributed by atoms with Gasteiger partial charge in [-0.25, -0.2) is 9.97 Å². The number of hydrogen-bond donors (Lipinski definition) is 2. The molecule has 0 radical (unpaired) electrons. The van der Waals surface area contributed by atoms with Crippen molar-refractivity contribution in [2.45, 2.75) is 18.8 Å². The number of aromatic nitrogens is 4. The molecule has 1 aliphatic heterocycles. The predicted octanol–water partition coefficient (Wildman–Crippen LogP) is 2.66. The molecule has 4 rings (SSSR count). The average Bonchev–Trinajstić information content (AvgIpc) is 3.20. The molecule has 0 saturated carbocycles. The molecule has 0 spiro atoms. The second-order valence-corrected chi connectivity index (χ2v) is 6.92. The Morgan fingerprint density at radius 1 is 1.45 bits per heavy atom. The molecule has 0 bridgehead atoms. The van der Waals surface area contributed by atoms with Crippen molar-refractivity contribution in [1.29, 1.82) is 0 Å². The summed E-state index contributed by atoms with van der Waals surface area (Å²) in [5.41, 5.74) is 11.7. The van der Waals surface area contributed by atoms with Crippen molar-refractivity contribution < 1.29 is 0 Å². The van der Waals surface area contributed by atoms with Gasteiger partial charge in [0.1, 0.15) is 5.82 Å². The Kier molecular flexibility index (Phi) is 3.59. The van der Waals surface area contributed by atoms with Crippen LogP contribution in [0.15, 0.2) is 21.6 Å². The fraction of sp³-hybridized carbons (Fsp3) is 0.357. The SMILES string of the molecule is Nc1c(Br)c(C2CCCNC2)nc2c(-c3cscn3)cnn12. The molecule has 1 fully saturated rings. The van der Waals surface area contributed by atoms with Gasteiger partial charge in [0.15, 0.2) is 5.65 Å². The lowest BCUT2D eigenvalue weighted by Crippen LogP contribution is -2.29. The third-order valence-electron chi connectivity index (χ3n) is 4.04. The molecule has 8 heteroatoms. The molecule has 3 aromatic rings. The highest BCUT2D eigenvalue weighted by atomic mass is 79.9. The summed E-state index contributed by atoms with van der Waals surface area (Å²) in [7, 11) is 0. The summed E-state index contributed by atoms with van der Waals surface area (Å²) in [5, 5.41) is 9.80. The molecule has 3 aromatic heterocycles. The number of piperidine rings is 1. The maximum Gasteiger partial charge on any atom is 0.167 e. The molecular formula is C14H15BrN6S. The number of nitrogens with zero attached hydrogens (tertiary/aromatic N) is 4. The second-order valence-electron chi connectivity index (χ2n) is 5.41. The first-order valence-electron chi connectivity index (χ1n) is 7.17. The lowest BCUT2D eigenvalue weighted by Gasteiger charge is -2.23. The molecule has 0 aromatic carbocycles. The maximum atomic E-state index is 6.27. The minimum absolute atomic E-state index is 0.369. The van der Waals surface area contributed by atoms with Crippen LogP contribution in [-0.4, -0.2) is 32.7 Å². The minimum Gasteiger partial charge on any atom is -0.383 e. The fourth-order valence-corrected chi connectivity index (χ4v) is 4.03. The van der Waals surface area contributed by atoms with Crippen LogP contribution >= 0.6 is 27.3 Å². The number of nitrogen functional groups attached to an aromatic ring is 1. The number of hydrogen-bond acceptors (Lipinski definition) is 6. The molecule has 6 nitrogen and oxygen atoms in total. The molecule has 0 aliphatic carbocycles. The normalized spacial score (nSPS) is 18.9. The van der Waals surface area contributed by atoms with Crippen molar-refractivity contribution in [3.8, 4) is 11.3 Å². The van der Waals surface area contributed by atoms with Crippen LogP contribution in [0.5, 0.6) is 0 Å². The van der Waals surface area contributed by atoms with Crippen LogP contribution < -0.4 is 11.1 Å². The van der Waals surface area contributed by atoms with Gasteiger partial charge in [0.2, 0.25) is 0 Å². The highest BCUT2D eigenvalue weighted by Crippen LogP contribution is 2.34. The van der Waals surface area contributed by atoms with Crippen LogP contribution in [0.1, 0.15) is 24.5 Å². The van der Waals surface area contributed by atoms with Crippen LogP contribution in [0.4, 0.5) is 5.82 Å². The van der Waals surface area contributed by atoms with E-state index in [1.165, 1.54) is 0 Å². The molecule has 1 saturated heterocycles. The van der Waals surface area contributed by atoms with E-state index in [9.17, 15) is 0 Å². The summed E-state index contributed by atoms with van der Waals surface area (Å²) in [5.74, 6) is 0.959. The zero-order chi connectivity index (χ0) is 15.1. The Bertz CT molecular complexity index is 806. The number of anilines is 1. The third kappa shape index (κ3) is 2.22. The minimum atomic E-state index is 0.369. The molecule has 22 heavy (non-hydrogen) atoms. The Balaban J connectivity index is 1.90. The molecule has 3 N–H and O–H groups in total. The molecule has 4 heterocycles. The van der Waals surface area contributed by atoms with E-state index in [0.29, 0.717) is 11.7 Å². The van der Waals surface area contributed by atoms with Crippen LogP contribution in [0.3, 0.4) is 0 Å². The van der Waals surface area contributed by atoms with Gasteiger partial charge < -0.3 is 11.1 Å². The van der Waals surface area contributed by atoms with Gasteiger partial charge in [-0.15, -0.1) is 11.3 Å². The van der Waals surface area contributed by atoms with Crippen molar-refractivity contribution in [3.05, 3.63) is 27.3 Å². The summed E-state index contributed by atoms with van der Waals surface area (Å²) in [6, 6.07) is 0. The topological polar surface area (TPSA) is 81.1 Å². The van der Waals surface area contributed by atoms with Crippen LogP contribution in [0.25, 0.3) is 16.9 Å². The van der Waals surface area contributed by atoms with Crippen molar-refractivity contribution in [1.82, 2.24) is 24.9 Å². The Morgan fingerprint density at radius 3 is 3.09 bits per heavy atom. The van der Waals surface area contributed by atoms with Gasteiger partial charge in [0.05, 0.1) is 33.1 Å². The second kappa shape index (κ2) is 5.60. The first-order chi connectivity index (χ1) is 10.8. The highest BCUT2D eigenvalue weighted by Gasteiger charge is 2.23. The van der Waals surface area contributed by atoms with Gasteiger partial charge in [0, 0.05) is 17.8 Å². The van der Waals surface area contributed by atoms with Gasteiger partial charge >= 0.3 is 0 Å². The van der Waals surface area contributed by atoms with E-state index in [1.54, 1.807) is 22.0 Å². The first kappa shape index (κ1) is 14.1. The molecular weight excluding hydrogens is 364 g/mol. The smallest absolute Gasteiger partial charge is 0.167 e. The highest BCUT2D eigenvalue weighted by molar-refractivity contribution is 9.10. The van der Waals surface area contributed by atoms with E-state index >= 15 is 0 Å². The molecule has 0 amide bonds. The zero-order valence-corrected chi connectivity index (χ0v) is 14.2. The largest absolute Gasteiger partial charge is 0.383 e. The van der Waals surface area contributed by atoms with Gasteiger partial charge in [-0.1, -0.05) is 0 Å². The Labute approximate surface area is 139 Å². The molecule has 1 aliphatic rings. The average molecular weight is 379 g/mol. The number of nitrogens with one attached hydrogen (secondary N) is 1. The zero-order valence-electron chi connectivity index (χ0n) is 11.8. The fourth-order valence-electron chi connectivity index (χ4n) is 2.90. The lowest BCUT2D eigenvalue weighted by molar-refractivity contribution is 0.453. The lowest BCUT2D eigenvalue weighted by atomic mass is 9.96. The standard InChI is InChI=1S/C14H15BrN6S/c15-11-12(8-2-1-3-17-4-8)20-14-9(10-6-22-7-18-10)5-19-21(14)13(11)16/h5-8,17H,1-4,16H2. The molecule has 114 valence electrons. The van der Waals surface area contributed by atoms with Crippen molar-refractivity contribution >= 4 is 38.7 Å². The quantitative estimate of drug-likeness (QED) is 0.716. The van der Waals surface area contributed by atoms with Crippen molar-refractivity contribution in [3.63, 3.8) is 0 Å². The summed E-state index contributed by atoms with van der Waals surface area (Å²) in [4.78, 5) is 9.24. The number of fused-ring (bicyclic) bond motifs is 1. The number of nitrogens with two attached hydrogens (primary N) is 1. The monoisotopic (exact) mass is 378 g/mol. The summed E-state index contributed by atoms with van der Waals surface area (Å²) in [6.45, 7) is 2.00. The Morgan fingerprint density at radius 2 is 2.36 bits per heavy atom. The van der Waals surface area contributed by atoms with Crippen molar-refractivity contribution in [2.24, 2.45) is 0 Å². The number of rotatable bonds is 2. The van der Waals surface area contributed by atoms with E-state index in [2.05, 4.69) is 31.3 Å². The first-order valence-corrected chi connectivity index (χ1v) is 8.91. The van der Waals surface area contributed by atoms with E-state index < -0.39 is 0 Å². The predicted molar refractivity (Wildman–Crippen MR) is 91.1 cm³/mol. The van der Waals surface area contributed by atoms with Gasteiger partial charge in [-0.05, 0) is 35.3 Å². The Hall–Kier alpha value is -1.51. The summed E-state index contributed by atoms with van der Waals surface area (Å²) < 4.78 is 2.53. The molecule has 1 atom stereocenters. The van der Waals surface area contributed by atoms with E-state index in [1.807, 2.05) is 10.9 Å². The number of halogens is 1. The van der Waals surface area contributed by atoms with Crippen LogP contribution in [0.2, 0.25) is 0 Å². The van der Waals surface area contributed by atoms with E-state index in [4.69, 9.17) is 10.7 Å². The number of thiazole rings is 1. The van der Waals surface area contributed by atoms with Crippen LogP contribution in [0, 0.1) is 0 Å². The van der Waals surface area contributed by atoms with E-state index in [-0.39, 0.29) is 0 Å². The van der Waals surface area contributed by atoms with Crippen LogP contribution in [-0.2, 0) is 0 Å². The third-order valence-corrected chi connectivity index (χ3v) is 5.44.